The number of hydrogen-bond donors (Lipinski definition) is 2. The van der Waals surface area contributed by atoms with Crippen LogP contribution in [-0.4, -0.2) is 35.0 Å². The molecule has 0 saturated heterocycles. The van der Waals surface area contributed by atoms with Crippen LogP contribution < -0.4 is 10.9 Å². The largest absolute Gasteiger partial charge is 0.345 e. The fourth-order valence-electron chi connectivity index (χ4n) is 2.62. The first-order valence-corrected chi connectivity index (χ1v) is 7.95. The van der Waals surface area contributed by atoms with Crippen molar-refractivity contribution >= 4 is 11.6 Å². The molecule has 0 fully saturated rings. The molecule has 26 heavy (non-hydrogen) atoms. The molecule has 3 heterocycles. The highest BCUT2D eigenvalue weighted by Crippen LogP contribution is 2.07. The lowest BCUT2D eigenvalue weighted by Gasteiger charge is -2.06. The van der Waals surface area contributed by atoms with Crippen LogP contribution in [0.25, 0.3) is 5.65 Å². The first kappa shape index (κ1) is 15.8. The fraction of sp³-hybridized carbons (Fsp3) is 0.118. The van der Waals surface area contributed by atoms with Gasteiger partial charge in [0.1, 0.15) is 0 Å². The summed E-state index contributed by atoms with van der Waals surface area (Å²) in [5.74, 6) is 0.261. The van der Waals surface area contributed by atoms with E-state index in [9.17, 15) is 9.59 Å². The summed E-state index contributed by atoms with van der Waals surface area (Å²) in [6.07, 6.45) is 8.50. The Hall–Kier alpha value is -3.75. The van der Waals surface area contributed by atoms with Crippen molar-refractivity contribution in [3.63, 3.8) is 0 Å². The van der Waals surface area contributed by atoms with Crippen molar-refractivity contribution in [2.75, 3.05) is 0 Å². The zero-order chi connectivity index (χ0) is 17.9. The second-order valence-electron chi connectivity index (χ2n) is 5.71. The van der Waals surface area contributed by atoms with Crippen molar-refractivity contribution in [2.24, 2.45) is 0 Å². The molecule has 0 bridgehead atoms. The topological polar surface area (TPSA) is 110 Å². The standard InChI is InChI=1S/C17H15N7O2/c25-16(13-3-1-12(2-4-13)10-23-7-5-18-11-23)20-9-14-21-22-15-17(26)19-6-8-24(14)15/h1-8,11H,9-10H2,(H,19,26)(H,20,25). The number of fused-ring (bicyclic) bond motifs is 1. The molecule has 0 spiro atoms. The van der Waals surface area contributed by atoms with Crippen LogP contribution in [0.2, 0.25) is 0 Å². The van der Waals surface area contributed by atoms with Crippen LogP contribution in [0.1, 0.15) is 21.7 Å². The molecule has 0 aliphatic rings. The predicted octanol–water partition coefficient (Wildman–Crippen LogP) is 0.592. The molecule has 1 aromatic carbocycles. The zero-order valence-electron chi connectivity index (χ0n) is 13.7. The lowest BCUT2D eigenvalue weighted by atomic mass is 10.1. The molecule has 9 nitrogen and oxygen atoms in total. The lowest BCUT2D eigenvalue weighted by molar-refractivity contribution is 0.0950. The van der Waals surface area contributed by atoms with Gasteiger partial charge in [0, 0.05) is 36.9 Å². The molecule has 130 valence electrons. The summed E-state index contributed by atoms with van der Waals surface area (Å²) in [5, 5.41) is 10.6. The quantitative estimate of drug-likeness (QED) is 0.548. The maximum atomic E-state index is 12.3. The van der Waals surface area contributed by atoms with E-state index in [1.54, 1.807) is 35.3 Å². The van der Waals surface area contributed by atoms with Gasteiger partial charge in [0.25, 0.3) is 11.5 Å². The van der Waals surface area contributed by atoms with Gasteiger partial charge in [0.2, 0.25) is 5.65 Å². The van der Waals surface area contributed by atoms with Crippen LogP contribution in [0, 0.1) is 0 Å². The molecule has 4 aromatic rings. The molecule has 0 aliphatic carbocycles. The van der Waals surface area contributed by atoms with E-state index in [1.165, 1.54) is 6.20 Å². The van der Waals surface area contributed by atoms with Gasteiger partial charge < -0.3 is 14.9 Å². The first-order chi connectivity index (χ1) is 12.7. The van der Waals surface area contributed by atoms with Crippen molar-refractivity contribution in [3.8, 4) is 0 Å². The molecule has 1 amide bonds. The lowest BCUT2D eigenvalue weighted by Crippen LogP contribution is -2.24. The average Bonchev–Trinajstić information content (AvgIpc) is 3.31. The van der Waals surface area contributed by atoms with E-state index >= 15 is 0 Å². The number of rotatable bonds is 5. The molecule has 0 unspecified atom stereocenters. The summed E-state index contributed by atoms with van der Waals surface area (Å²) in [6, 6.07) is 7.35. The van der Waals surface area contributed by atoms with Gasteiger partial charge in [-0.1, -0.05) is 12.1 Å². The smallest absolute Gasteiger partial charge is 0.293 e. The Morgan fingerprint density at radius 1 is 1.15 bits per heavy atom. The number of H-pyrrole nitrogens is 1. The van der Waals surface area contributed by atoms with Crippen molar-refractivity contribution in [1.29, 1.82) is 0 Å². The molecule has 0 atom stereocenters. The van der Waals surface area contributed by atoms with Crippen LogP contribution in [-0.2, 0) is 13.1 Å². The Balaban J connectivity index is 1.43. The third kappa shape index (κ3) is 3.09. The van der Waals surface area contributed by atoms with E-state index in [0.29, 0.717) is 17.9 Å². The van der Waals surface area contributed by atoms with Crippen LogP contribution in [0.4, 0.5) is 0 Å². The Labute approximate surface area is 147 Å². The highest BCUT2D eigenvalue weighted by atomic mass is 16.1. The average molecular weight is 349 g/mol. The monoisotopic (exact) mass is 349 g/mol. The summed E-state index contributed by atoms with van der Waals surface area (Å²) >= 11 is 0. The van der Waals surface area contributed by atoms with E-state index < -0.39 is 0 Å². The van der Waals surface area contributed by atoms with E-state index in [0.717, 1.165) is 5.56 Å². The third-order valence-electron chi connectivity index (χ3n) is 3.96. The molecule has 3 aromatic heterocycles. The van der Waals surface area contributed by atoms with Crippen molar-refractivity contribution in [1.82, 2.24) is 34.4 Å². The molecular weight excluding hydrogens is 334 g/mol. The number of aromatic amines is 1. The number of carbonyl (C=O) groups excluding carboxylic acids is 1. The maximum absolute atomic E-state index is 12.3. The minimum Gasteiger partial charge on any atom is -0.345 e. The van der Waals surface area contributed by atoms with Crippen molar-refractivity contribution in [3.05, 3.63) is 82.7 Å². The minimum absolute atomic E-state index is 0.167. The number of benzene rings is 1. The number of amides is 1. The van der Waals surface area contributed by atoms with E-state index in [2.05, 4.69) is 25.5 Å². The molecular formula is C17H15N7O2. The summed E-state index contributed by atoms with van der Waals surface area (Å²) in [5.41, 5.74) is 1.49. The van der Waals surface area contributed by atoms with Gasteiger partial charge in [0.15, 0.2) is 5.82 Å². The van der Waals surface area contributed by atoms with Gasteiger partial charge in [-0.3, -0.25) is 14.0 Å². The molecule has 0 radical (unpaired) electrons. The third-order valence-corrected chi connectivity index (χ3v) is 3.96. The van der Waals surface area contributed by atoms with Gasteiger partial charge in [-0.25, -0.2) is 4.98 Å². The van der Waals surface area contributed by atoms with Crippen molar-refractivity contribution in [2.45, 2.75) is 13.1 Å². The molecule has 9 heteroatoms. The van der Waals surface area contributed by atoms with Gasteiger partial charge in [-0.2, -0.15) is 0 Å². The van der Waals surface area contributed by atoms with E-state index in [1.807, 2.05) is 22.9 Å². The maximum Gasteiger partial charge on any atom is 0.293 e. The Morgan fingerprint density at radius 3 is 2.77 bits per heavy atom. The van der Waals surface area contributed by atoms with Gasteiger partial charge in [0.05, 0.1) is 12.9 Å². The number of imidazole rings is 1. The van der Waals surface area contributed by atoms with E-state index in [-0.39, 0.29) is 23.7 Å². The summed E-state index contributed by atoms with van der Waals surface area (Å²) in [6.45, 7) is 0.864. The Morgan fingerprint density at radius 2 is 2.00 bits per heavy atom. The molecule has 0 saturated carbocycles. The number of hydrogen-bond acceptors (Lipinski definition) is 5. The molecule has 2 N–H and O–H groups in total. The second-order valence-corrected chi connectivity index (χ2v) is 5.71. The SMILES string of the molecule is O=C(NCc1nnc2c(=O)[nH]ccn12)c1ccc(Cn2ccnc2)cc1. The summed E-state index contributed by atoms with van der Waals surface area (Å²) in [7, 11) is 0. The Kier molecular flexibility index (Phi) is 4.02. The highest BCUT2D eigenvalue weighted by Gasteiger charge is 2.10. The molecule has 0 aliphatic heterocycles. The zero-order valence-corrected chi connectivity index (χ0v) is 13.7. The van der Waals surface area contributed by atoms with Crippen LogP contribution in [0.5, 0.6) is 0 Å². The number of nitrogens with one attached hydrogen (secondary N) is 2. The predicted molar refractivity (Wildman–Crippen MR) is 92.5 cm³/mol. The summed E-state index contributed by atoms with van der Waals surface area (Å²) in [4.78, 5) is 30.5. The highest BCUT2D eigenvalue weighted by molar-refractivity contribution is 5.94. The van der Waals surface area contributed by atoms with Gasteiger partial charge in [-0.05, 0) is 17.7 Å². The fourth-order valence-corrected chi connectivity index (χ4v) is 2.62. The summed E-state index contributed by atoms with van der Waals surface area (Å²) < 4.78 is 3.50. The second kappa shape index (κ2) is 6.63. The van der Waals surface area contributed by atoms with Gasteiger partial charge in [-0.15, -0.1) is 10.2 Å². The van der Waals surface area contributed by atoms with Crippen molar-refractivity contribution < 1.29 is 4.79 Å². The van der Waals surface area contributed by atoms with Gasteiger partial charge >= 0.3 is 0 Å². The van der Waals surface area contributed by atoms with Crippen LogP contribution in [0.15, 0.2) is 60.2 Å². The normalized spacial score (nSPS) is 10.9. The number of aromatic nitrogens is 6. The number of nitrogens with zero attached hydrogens (tertiary/aromatic N) is 5. The number of carbonyl (C=O) groups is 1. The first-order valence-electron chi connectivity index (χ1n) is 7.95. The van der Waals surface area contributed by atoms with Crippen LogP contribution >= 0.6 is 0 Å². The van der Waals surface area contributed by atoms with E-state index in [4.69, 9.17) is 0 Å². The van der Waals surface area contributed by atoms with Crippen LogP contribution in [0.3, 0.4) is 0 Å². The minimum atomic E-state index is -0.328. The Bertz CT molecular complexity index is 1090. The molecule has 4 rings (SSSR count).